The highest BCUT2D eigenvalue weighted by atomic mass is 16.4. The van der Waals surface area contributed by atoms with Gasteiger partial charge in [-0.05, 0) is 38.0 Å². The Bertz CT molecular complexity index is 372. The van der Waals surface area contributed by atoms with Crippen LogP contribution in [0.15, 0.2) is 0 Å². The molecule has 1 saturated carbocycles. The summed E-state index contributed by atoms with van der Waals surface area (Å²) in [4.78, 5) is 25.5. The molecule has 3 N–H and O–H groups in total. The second-order valence-corrected chi connectivity index (χ2v) is 6.21. The van der Waals surface area contributed by atoms with Crippen LogP contribution in [0.2, 0.25) is 0 Å². The topological polar surface area (TPSA) is 83.6 Å². The standard InChI is InChI=1S/C14H24N2O3/c1-10-5-4-7-14(15,9-10)13(19)16-8-3-2-6-11(16)12(17)18/h10-11H,2-9,15H2,1H3,(H,17,18)/t10?,11-,14?/m0/s1. The quantitative estimate of drug-likeness (QED) is 0.792. The molecule has 108 valence electrons. The molecule has 0 aromatic carbocycles. The first-order chi connectivity index (χ1) is 8.94. The molecule has 1 aliphatic heterocycles. The summed E-state index contributed by atoms with van der Waals surface area (Å²) in [5.74, 6) is -0.609. The van der Waals surface area contributed by atoms with Crippen molar-refractivity contribution in [1.29, 1.82) is 0 Å². The highest BCUT2D eigenvalue weighted by molar-refractivity contribution is 5.90. The molecule has 5 nitrogen and oxygen atoms in total. The summed E-state index contributed by atoms with van der Waals surface area (Å²) in [6.45, 7) is 2.64. The number of carboxylic acids is 1. The molecule has 0 radical (unpaired) electrons. The zero-order valence-electron chi connectivity index (χ0n) is 11.6. The van der Waals surface area contributed by atoms with Crippen LogP contribution in [0.25, 0.3) is 0 Å². The van der Waals surface area contributed by atoms with Gasteiger partial charge in [0.25, 0.3) is 0 Å². The van der Waals surface area contributed by atoms with E-state index >= 15 is 0 Å². The maximum Gasteiger partial charge on any atom is 0.326 e. The number of rotatable bonds is 2. The van der Waals surface area contributed by atoms with E-state index in [1.165, 1.54) is 4.90 Å². The van der Waals surface area contributed by atoms with Crippen molar-refractivity contribution in [2.24, 2.45) is 11.7 Å². The maximum absolute atomic E-state index is 12.7. The molecule has 0 spiro atoms. The van der Waals surface area contributed by atoms with Crippen LogP contribution < -0.4 is 5.73 Å². The molecule has 19 heavy (non-hydrogen) atoms. The summed E-state index contributed by atoms with van der Waals surface area (Å²) in [6.07, 6.45) is 5.71. The van der Waals surface area contributed by atoms with E-state index in [9.17, 15) is 14.7 Å². The van der Waals surface area contributed by atoms with Gasteiger partial charge in [-0.2, -0.15) is 0 Å². The number of amides is 1. The second-order valence-electron chi connectivity index (χ2n) is 6.21. The number of aliphatic carboxylic acids is 1. The Morgan fingerprint density at radius 2 is 2.00 bits per heavy atom. The predicted molar refractivity (Wildman–Crippen MR) is 71.5 cm³/mol. The summed E-state index contributed by atoms with van der Waals surface area (Å²) in [5.41, 5.74) is 5.46. The molecule has 1 heterocycles. The van der Waals surface area contributed by atoms with E-state index in [4.69, 9.17) is 5.73 Å². The zero-order valence-corrected chi connectivity index (χ0v) is 11.6. The lowest BCUT2D eigenvalue weighted by Gasteiger charge is -2.42. The molecule has 2 rings (SSSR count). The highest BCUT2D eigenvalue weighted by Gasteiger charge is 2.44. The Morgan fingerprint density at radius 3 is 2.63 bits per heavy atom. The van der Waals surface area contributed by atoms with Gasteiger partial charge in [-0.1, -0.05) is 19.8 Å². The van der Waals surface area contributed by atoms with Crippen LogP contribution in [0.5, 0.6) is 0 Å². The van der Waals surface area contributed by atoms with Crippen LogP contribution in [0.4, 0.5) is 0 Å². The fraction of sp³-hybridized carbons (Fsp3) is 0.857. The van der Waals surface area contributed by atoms with Crippen LogP contribution in [0.3, 0.4) is 0 Å². The summed E-state index contributed by atoms with van der Waals surface area (Å²) in [5, 5.41) is 9.26. The lowest BCUT2D eigenvalue weighted by Crippen LogP contribution is -2.61. The van der Waals surface area contributed by atoms with Crippen LogP contribution in [-0.2, 0) is 9.59 Å². The Kier molecular flexibility index (Phi) is 4.13. The minimum atomic E-state index is -0.902. The van der Waals surface area contributed by atoms with Crippen LogP contribution in [0.1, 0.15) is 51.9 Å². The lowest BCUT2D eigenvalue weighted by atomic mass is 9.76. The van der Waals surface area contributed by atoms with Crippen molar-refractivity contribution < 1.29 is 14.7 Å². The molecule has 0 aromatic rings. The fourth-order valence-electron chi connectivity index (χ4n) is 3.50. The number of carbonyl (C=O) groups is 2. The molecule has 0 bridgehead atoms. The molecule has 0 aromatic heterocycles. The molecule has 1 saturated heterocycles. The van der Waals surface area contributed by atoms with Gasteiger partial charge in [0.1, 0.15) is 6.04 Å². The molecule has 3 atom stereocenters. The van der Waals surface area contributed by atoms with Crippen LogP contribution in [-0.4, -0.2) is 40.0 Å². The monoisotopic (exact) mass is 268 g/mol. The number of hydrogen-bond acceptors (Lipinski definition) is 3. The molecule has 1 aliphatic carbocycles. The Labute approximate surface area is 114 Å². The third-order valence-electron chi connectivity index (χ3n) is 4.51. The molecule has 2 unspecified atom stereocenters. The van der Waals surface area contributed by atoms with E-state index in [0.29, 0.717) is 31.7 Å². The van der Waals surface area contributed by atoms with Crippen molar-refractivity contribution in [3.8, 4) is 0 Å². The Morgan fingerprint density at radius 1 is 1.26 bits per heavy atom. The van der Waals surface area contributed by atoms with Gasteiger partial charge in [0.2, 0.25) is 5.91 Å². The molecule has 2 fully saturated rings. The van der Waals surface area contributed by atoms with Gasteiger partial charge < -0.3 is 15.7 Å². The highest BCUT2D eigenvalue weighted by Crippen LogP contribution is 2.33. The van der Waals surface area contributed by atoms with E-state index in [1.54, 1.807) is 0 Å². The second kappa shape index (κ2) is 5.49. The van der Waals surface area contributed by atoms with Crippen molar-refractivity contribution in [3.63, 3.8) is 0 Å². The predicted octanol–water partition coefficient (Wildman–Crippen LogP) is 1.36. The minimum absolute atomic E-state index is 0.147. The first kappa shape index (κ1) is 14.3. The van der Waals surface area contributed by atoms with Crippen molar-refractivity contribution >= 4 is 11.9 Å². The normalized spacial score (nSPS) is 36.0. The van der Waals surface area contributed by atoms with E-state index in [-0.39, 0.29) is 5.91 Å². The number of carbonyl (C=O) groups excluding carboxylic acids is 1. The van der Waals surface area contributed by atoms with Crippen molar-refractivity contribution in [2.75, 3.05) is 6.54 Å². The fourth-order valence-corrected chi connectivity index (χ4v) is 3.50. The molecular weight excluding hydrogens is 244 g/mol. The van der Waals surface area contributed by atoms with Gasteiger partial charge in [0.15, 0.2) is 0 Å². The Hall–Kier alpha value is -1.10. The summed E-state index contributed by atoms with van der Waals surface area (Å²) >= 11 is 0. The van der Waals surface area contributed by atoms with Crippen molar-refractivity contribution in [3.05, 3.63) is 0 Å². The number of hydrogen-bond donors (Lipinski definition) is 2. The van der Waals surface area contributed by atoms with Gasteiger partial charge >= 0.3 is 5.97 Å². The van der Waals surface area contributed by atoms with Gasteiger partial charge in [-0.3, -0.25) is 4.79 Å². The SMILES string of the molecule is CC1CCCC(N)(C(=O)N2CCCC[C@H]2C(=O)O)C1. The largest absolute Gasteiger partial charge is 0.480 e. The number of nitrogens with two attached hydrogens (primary N) is 1. The average Bonchev–Trinajstić information content (AvgIpc) is 2.37. The lowest BCUT2D eigenvalue weighted by molar-refractivity contribution is -0.155. The van der Waals surface area contributed by atoms with Gasteiger partial charge in [0.05, 0.1) is 5.54 Å². The third kappa shape index (κ3) is 2.91. The van der Waals surface area contributed by atoms with Crippen LogP contribution in [0, 0.1) is 5.92 Å². The summed E-state index contributed by atoms with van der Waals surface area (Å²) < 4.78 is 0. The number of carboxylic acid groups (broad SMARTS) is 1. The van der Waals surface area contributed by atoms with E-state index in [0.717, 1.165) is 25.7 Å². The van der Waals surface area contributed by atoms with Crippen molar-refractivity contribution in [1.82, 2.24) is 4.90 Å². The van der Waals surface area contributed by atoms with Gasteiger partial charge in [-0.25, -0.2) is 4.79 Å². The first-order valence-electron chi connectivity index (χ1n) is 7.27. The van der Waals surface area contributed by atoms with Crippen LogP contribution >= 0.6 is 0 Å². The summed E-state index contributed by atoms with van der Waals surface area (Å²) in [6, 6.07) is -0.682. The van der Waals surface area contributed by atoms with E-state index in [2.05, 4.69) is 6.92 Å². The summed E-state index contributed by atoms with van der Waals surface area (Å²) in [7, 11) is 0. The molecule has 1 amide bonds. The number of piperidine rings is 1. The number of nitrogens with zero attached hydrogens (tertiary/aromatic N) is 1. The molecular formula is C14H24N2O3. The van der Waals surface area contributed by atoms with E-state index in [1.807, 2.05) is 0 Å². The minimum Gasteiger partial charge on any atom is -0.480 e. The molecule has 5 heteroatoms. The van der Waals surface area contributed by atoms with Gasteiger partial charge in [0, 0.05) is 6.54 Å². The van der Waals surface area contributed by atoms with Gasteiger partial charge in [-0.15, -0.1) is 0 Å². The third-order valence-corrected chi connectivity index (χ3v) is 4.51. The van der Waals surface area contributed by atoms with E-state index < -0.39 is 17.6 Å². The zero-order chi connectivity index (χ0) is 14.0. The smallest absolute Gasteiger partial charge is 0.326 e. The average molecular weight is 268 g/mol. The number of likely N-dealkylation sites (tertiary alicyclic amines) is 1. The first-order valence-corrected chi connectivity index (χ1v) is 7.27. The Balaban J connectivity index is 2.14. The maximum atomic E-state index is 12.7. The van der Waals surface area contributed by atoms with Crippen molar-refractivity contribution in [2.45, 2.75) is 63.5 Å². The molecule has 2 aliphatic rings.